The molecule has 0 radical (unpaired) electrons. The maximum atomic E-state index is 14.1. The number of amides is 2. The first kappa shape index (κ1) is 20.7. The van der Waals surface area contributed by atoms with E-state index in [1.807, 2.05) is 42.5 Å². The monoisotopic (exact) mass is 424 g/mol. The summed E-state index contributed by atoms with van der Waals surface area (Å²) in [6.07, 6.45) is 0.581. The number of carbonyl (C=O) groups excluding carboxylic acids is 1. The SMILES string of the molecule is COc1cc2c(cc1OC)[C@H](c1ccccc1)N(C(=O)Nc1cc(F)ccc1F)CC2. The highest BCUT2D eigenvalue weighted by Crippen LogP contribution is 2.41. The molecule has 3 aromatic rings. The topological polar surface area (TPSA) is 50.8 Å². The van der Waals surface area contributed by atoms with E-state index in [0.29, 0.717) is 24.5 Å². The van der Waals surface area contributed by atoms with Gasteiger partial charge in [-0.25, -0.2) is 13.6 Å². The summed E-state index contributed by atoms with van der Waals surface area (Å²) >= 11 is 0. The molecule has 4 rings (SSSR count). The number of urea groups is 1. The van der Waals surface area contributed by atoms with Gasteiger partial charge < -0.3 is 19.7 Å². The lowest BCUT2D eigenvalue weighted by atomic mass is 9.88. The summed E-state index contributed by atoms with van der Waals surface area (Å²) in [5.41, 5.74) is 2.62. The Morgan fingerprint density at radius 2 is 1.71 bits per heavy atom. The zero-order valence-electron chi connectivity index (χ0n) is 17.2. The van der Waals surface area contributed by atoms with Gasteiger partial charge in [0.05, 0.1) is 25.9 Å². The Morgan fingerprint density at radius 3 is 2.42 bits per heavy atom. The highest BCUT2D eigenvalue weighted by Gasteiger charge is 2.33. The molecule has 2 amide bonds. The van der Waals surface area contributed by atoms with Gasteiger partial charge in [-0.05, 0) is 47.4 Å². The number of nitrogens with zero attached hydrogens (tertiary/aromatic N) is 1. The van der Waals surface area contributed by atoms with Crippen LogP contribution >= 0.6 is 0 Å². The summed E-state index contributed by atoms with van der Waals surface area (Å²) in [6.45, 7) is 0.394. The van der Waals surface area contributed by atoms with Crippen molar-refractivity contribution in [3.05, 3.63) is 89.0 Å². The fourth-order valence-electron chi connectivity index (χ4n) is 3.94. The Balaban J connectivity index is 1.76. The molecule has 0 bridgehead atoms. The predicted molar refractivity (Wildman–Crippen MR) is 114 cm³/mol. The smallest absolute Gasteiger partial charge is 0.322 e. The number of methoxy groups -OCH3 is 2. The van der Waals surface area contributed by atoms with Crippen LogP contribution in [-0.2, 0) is 6.42 Å². The van der Waals surface area contributed by atoms with E-state index in [4.69, 9.17) is 9.47 Å². The number of halogens is 2. The highest BCUT2D eigenvalue weighted by atomic mass is 19.1. The van der Waals surface area contributed by atoms with E-state index in [1.165, 1.54) is 0 Å². The third-order valence-electron chi connectivity index (χ3n) is 5.42. The van der Waals surface area contributed by atoms with Crippen LogP contribution in [0.5, 0.6) is 11.5 Å². The van der Waals surface area contributed by atoms with Crippen molar-refractivity contribution in [2.24, 2.45) is 0 Å². The summed E-state index contributed by atoms with van der Waals surface area (Å²) in [5.74, 6) is -0.152. The molecule has 7 heteroatoms. The van der Waals surface area contributed by atoms with E-state index in [0.717, 1.165) is 34.9 Å². The first-order chi connectivity index (χ1) is 15.0. The Kier molecular flexibility index (Phi) is 5.75. The summed E-state index contributed by atoms with van der Waals surface area (Å²) in [5, 5.41) is 2.52. The molecule has 0 unspecified atom stereocenters. The molecule has 1 heterocycles. The van der Waals surface area contributed by atoms with Crippen molar-refractivity contribution < 1.29 is 23.0 Å². The minimum Gasteiger partial charge on any atom is -0.493 e. The molecule has 1 N–H and O–H groups in total. The van der Waals surface area contributed by atoms with Crippen molar-refractivity contribution in [3.8, 4) is 11.5 Å². The molecule has 0 saturated carbocycles. The number of hydrogen-bond acceptors (Lipinski definition) is 3. The quantitative estimate of drug-likeness (QED) is 0.629. The Labute approximate surface area is 179 Å². The van der Waals surface area contributed by atoms with Crippen molar-refractivity contribution in [2.45, 2.75) is 12.5 Å². The van der Waals surface area contributed by atoms with Crippen molar-refractivity contribution in [2.75, 3.05) is 26.1 Å². The lowest BCUT2D eigenvalue weighted by Crippen LogP contribution is -2.43. The van der Waals surface area contributed by atoms with Crippen molar-refractivity contribution in [1.82, 2.24) is 4.90 Å². The molecule has 1 atom stereocenters. The number of rotatable bonds is 4. The second-order valence-electron chi connectivity index (χ2n) is 7.22. The van der Waals surface area contributed by atoms with Crippen LogP contribution < -0.4 is 14.8 Å². The molecule has 0 spiro atoms. The Morgan fingerprint density at radius 1 is 1.00 bits per heavy atom. The molecule has 0 saturated heterocycles. The van der Waals surface area contributed by atoms with Gasteiger partial charge in [0, 0.05) is 12.6 Å². The van der Waals surface area contributed by atoms with Crippen LogP contribution in [0.2, 0.25) is 0 Å². The molecular formula is C24H22F2N2O3. The number of ether oxygens (including phenoxy) is 2. The summed E-state index contributed by atoms with van der Waals surface area (Å²) in [6, 6.07) is 15.4. The molecule has 3 aromatic carbocycles. The van der Waals surface area contributed by atoms with Gasteiger partial charge in [-0.15, -0.1) is 0 Å². The standard InChI is InChI=1S/C24H22F2N2O3/c1-30-21-12-16-10-11-28(24(29)27-20-13-17(25)8-9-19(20)26)23(15-6-4-3-5-7-15)18(16)14-22(21)31-2/h3-9,12-14,23H,10-11H2,1-2H3,(H,27,29)/t23-/m0/s1. The Bertz CT molecular complexity index is 1110. The molecular weight excluding hydrogens is 402 g/mol. The molecule has 0 aromatic heterocycles. The second-order valence-corrected chi connectivity index (χ2v) is 7.22. The first-order valence-corrected chi connectivity index (χ1v) is 9.84. The minimum absolute atomic E-state index is 0.199. The largest absolute Gasteiger partial charge is 0.493 e. The number of benzene rings is 3. The molecule has 1 aliphatic rings. The van der Waals surface area contributed by atoms with Gasteiger partial charge in [0.2, 0.25) is 0 Å². The molecule has 160 valence electrons. The average molecular weight is 424 g/mol. The van der Waals surface area contributed by atoms with Crippen LogP contribution in [0, 0.1) is 11.6 Å². The van der Waals surface area contributed by atoms with Crippen LogP contribution in [0.1, 0.15) is 22.7 Å². The number of hydrogen-bond donors (Lipinski definition) is 1. The first-order valence-electron chi connectivity index (χ1n) is 9.84. The number of carbonyl (C=O) groups is 1. The molecule has 0 fully saturated rings. The van der Waals surface area contributed by atoms with Crippen molar-refractivity contribution in [3.63, 3.8) is 0 Å². The predicted octanol–water partition coefficient (Wildman–Crippen LogP) is 5.16. The van der Waals surface area contributed by atoms with Crippen LogP contribution in [0.15, 0.2) is 60.7 Å². The van der Waals surface area contributed by atoms with Crippen molar-refractivity contribution >= 4 is 11.7 Å². The lowest BCUT2D eigenvalue weighted by Gasteiger charge is -2.38. The summed E-state index contributed by atoms with van der Waals surface area (Å²) in [7, 11) is 3.14. The number of anilines is 1. The number of nitrogens with one attached hydrogen (secondary N) is 1. The fraction of sp³-hybridized carbons (Fsp3) is 0.208. The number of fused-ring (bicyclic) bond motifs is 1. The summed E-state index contributed by atoms with van der Waals surface area (Å²) in [4.78, 5) is 14.8. The van der Waals surface area contributed by atoms with E-state index in [2.05, 4.69) is 5.32 Å². The average Bonchev–Trinajstić information content (AvgIpc) is 2.80. The zero-order chi connectivity index (χ0) is 22.0. The van der Waals surface area contributed by atoms with E-state index >= 15 is 0 Å². The second kappa shape index (κ2) is 8.63. The van der Waals surface area contributed by atoms with Crippen LogP contribution in [0.4, 0.5) is 19.3 Å². The third-order valence-corrected chi connectivity index (χ3v) is 5.42. The normalized spacial score (nSPS) is 15.2. The van der Waals surface area contributed by atoms with Gasteiger partial charge in [0.25, 0.3) is 0 Å². The van der Waals surface area contributed by atoms with Gasteiger partial charge in [0.1, 0.15) is 11.6 Å². The third kappa shape index (κ3) is 4.03. The zero-order valence-corrected chi connectivity index (χ0v) is 17.2. The van der Waals surface area contributed by atoms with Crippen molar-refractivity contribution in [1.29, 1.82) is 0 Å². The lowest BCUT2D eigenvalue weighted by molar-refractivity contribution is 0.193. The fourth-order valence-corrected chi connectivity index (χ4v) is 3.94. The van der Waals surface area contributed by atoms with E-state index < -0.39 is 23.7 Å². The van der Waals surface area contributed by atoms with Gasteiger partial charge >= 0.3 is 6.03 Å². The molecule has 5 nitrogen and oxygen atoms in total. The molecule has 31 heavy (non-hydrogen) atoms. The van der Waals surface area contributed by atoms with E-state index in [9.17, 15) is 13.6 Å². The molecule has 0 aliphatic carbocycles. The maximum absolute atomic E-state index is 14.1. The summed E-state index contributed by atoms with van der Waals surface area (Å²) < 4.78 is 38.6. The minimum atomic E-state index is -0.699. The van der Waals surface area contributed by atoms with E-state index in [1.54, 1.807) is 19.1 Å². The highest BCUT2D eigenvalue weighted by molar-refractivity contribution is 5.90. The van der Waals surface area contributed by atoms with Gasteiger partial charge in [-0.3, -0.25) is 0 Å². The van der Waals surface area contributed by atoms with Gasteiger partial charge in [-0.1, -0.05) is 30.3 Å². The van der Waals surface area contributed by atoms with Gasteiger partial charge in [-0.2, -0.15) is 0 Å². The van der Waals surface area contributed by atoms with Crippen LogP contribution in [0.25, 0.3) is 0 Å². The van der Waals surface area contributed by atoms with Crippen LogP contribution in [-0.4, -0.2) is 31.7 Å². The Hall–Kier alpha value is -3.61. The molecule has 1 aliphatic heterocycles. The van der Waals surface area contributed by atoms with Crippen LogP contribution in [0.3, 0.4) is 0 Å². The maximum Gasteiger partial charge on any atom is 0.322 e. The van der Waals surface area contributed by atoms with Gasteiger partial charge in [0.15, 0.2) is 11.5 Å². The van der Waals surface area contributed by atoms with E-state index in [-0.39, 0.29) is 5.69 Å².